The second-order valence-corrected chi connectivity index (χ2v) is 11.6. The number of aliphatic hydroxyl groups excluding tert-OH is 1. The van der Waals surface area contributed by atoms with E-state index in [1.807, 2.05) is 44.2 Å². The van der Waals surface area contributed by atoms with Gasteiger partial charge in [-0.3, -0.25) is 14.4 Å². The molecule has 0 aliphatic carbocycles. The van der Waals surface area contributed by atoms with E-state index in [0.717, 1.165) is 12.0 Å². The van der Waals surface area contributed by atoms with E-state index in [9.17, 15) is 19.5 Å². The average molecular weight is 501 g/mol. The van der Waals surface area contributed by atoms with E-state index < -0.39 is 28.7 Å². The number of nitrogens with zero attached hydrogens (tertiary/aromatic N) is 2. The van der Waals surface area contributed by atoms with Crippen molar-refractivity contribution in [3.8, 4) is 0 Å². The molecular weight excluding hydrogens is 464 g/mol. The van der Waals surface area contributed by atoms with Gasteiger partial charge in [-0.05, 0) is 38.7 Å². The first-order valence-electron chi connectivity index (χ1n) is 12.5. The minimum Gasteiger partial charge on any atom is -0.466 e. The molecule has 3 aliphatic heterocycles. The number of thioether (sulfide) groups is 1. The van der Waals surface area contributed by atoms with Gasteiger partial charge in [0, 0.05) is 17.8 Å². The molecule has 0 aromatic heterocycles. The summed E-state index contributed by atoms with van der Waals surface area (Å²) in [6.45, 7) is 11.8. The van der Waals surface area contributed by atoms with Crippen molar-refractivity contribution in [1.29, 1.82) is 0 Å². The predicted octanol–water partition coefficient (Wildman–Crippen LogP) is 3.04. The Morgan fingerprint density at radius 3 is 2.60 bits per heavy atom. The molecule has 4 rings (SSSR count). The number of aliphatic hydroxyl groups is 1. The lowest BCUT2D eigenvalue weighted by atomic mass is 9.66. The molecule has 0 radical (unpaired) electrons. The van der Waals surface area contributed by atoms with Crippen molar-refractivity contribution < 1.29 is 24.2 Å². The van der Waals surface area contributed by atoms with Gasteiger partial charge in [-0.1, -0.05) is 43.3 Å². The van der Waals surface area contributed by atoms with Crippen LogP contribution >= 0.6 is 11.8 Å². The summed E-state index contributed by atoms with van der Waals surface area (Å²) < 4.78 is 4.66. The first-order chi connectivity index (χ1) is 16.7. The number of carbonyl (C=O) groups is 3. The fourth-order valence-electron chi connectivity index (χ4n) is 6.46. The number of likely N-dealkylation sites (tertiary alicyclic amines) is 1. The molecule has 190 valence electrons. The van der Waals surface area contributed by atoms with Gasteiger partial charge in [0.1, 0.15) is 6.04 Å². The molecule has 3 fully saturated rings. The van der Waals surface area contributed by atoms with Crippen molar-refractivity contribution in [3.63, 3.8) is 0 Å². The van der Waals surface area contributed by atoms with Gasteiger partial charge in [-0.2, -0.15) is 0 Å². The summed E-state index contributed by atoms with van der Waals surface area (Å²) in [5, 5.41) is 10.5. The minimum atomic E-state index is -0.802. The highest BCUT2D eigenvalue weighted by molar-refractivity contribution is 8.02. The fraction of sp³-hybridized carbons (Fsp3) is 0.593. The van der Waals surface area contributed by atoms with Crippen LogP contribution < -0.4 is 0 Å². The van der Waals surface area contributed by atoms with Crippen LogP contribution in [0.4, 0.5) is 0 Å². The Morgan fingerprint density at radius 2 is 2.03 bits per heavy atom. The Labute approximate surface area is 211 Å². The highest BCUT2D eigenvalue weighted by Crippen LogP contribution is 2.69. The number of hydrogen-bond donors (Lipinski definition) is 1. The van der Waals surface area contributed by atoms with Gasteiger partial charge >= 0.3 is 5.97 Å². The summed E-state index contributed by atoms with van der Waals surface area (Å²) in [4.78, 5) is 45.0. The molecule has 35 heavy (non-hydrogen) atoms. The maximum atomic E-state index is 14.3. The van der Waals surface area contributed by atoms with Crippen molar-refractivity contribution in [2.45, 2.75) is 62.2 Å². The van der Waals surface area contributed by atoms with E-state index in [1.165, 1.54) is 0 Å². The summed E-state index contributed by atoms with van der Waals surface area (Å²) in [6, 6.07) is 7.73. The molecule has 0 saturated carbocycles. The van der Waals surface area contributed by atoms with Crippen LogP contribution in [0.2, 0.25) is 0 Å². The van der Waals surface area contributed by atoms with Crippen LogP contribution in [0.3, 0.4) is 0 Å². The third-order valence-corrected chi connectivity index (χ3v) is 9.98. The van der Waals surface area contributed by atoms with Crippen molar-refractivity contribution in [2.24, 2.45) is 17.8 Å². The molecule has 3 unspecified atom stereocenters. The molecule has 1 N–H and O–H groups in total. The summed E-state index contributed by atoms with van der Waals surface area (Å²) in [5.41, 5.74) is 0.761. The summed E-state index contributed by atoms with van der Waals surface area (Å²) in [7, 11) is 0. The normalized spacial score (nSPS) is 32.0. The zero-order chi connectivity index (χ0) is 25.5. The summed E-state index contributed by atoms with van der Waals surface area (Å²) >= 11 is 1.62. The molecular formula is C27H36N2O5S. The van der Waals surface area contributed by atoms with Gasteiger partial charge in [0.05, 0.1) is 35.8 Å². The highest BCUT2D eigenvalue weighted by atomic mass is 32.2. The number of hydrogen-bond acceptors (Lipinski definition) is 6. The maximum Gasteiger partial charge on any atom is 0.310 e. The van der Waals surface area contributed by atoms with Crippen LogP contribution in [0.5, 0.6) is 0 Å². The van der Waals surface area contributed by atoms with E-state index in [4.69, 9.17) is 4.74 Å². The second-order valence-electron chi connectivity index (χ2n) is 10.0. The Bertz CT molecular complexity index is 985. The van der Waals surface area contributed by atoms with E-state index in [-0.39, 0.29) is 48.2 Å². The van der Waals surface area contributed by atoms with Gasteiger partial charge in [0.15, 0.2) is 0 Å². The summed E-state index contributed by atoms with van der Waals surface area (Å²) in [6.07, 6.45) is 2.44. The first-order valence-corrected chi connectivity index (χ1v) is 13.4. The number of rotatable bonds is 9. The van der Waals surface area contributed by atoms with E-state index >= 15 is 0 Å². The minimum absolute atomic E-state index is 0.0453. The van der Waals surface area contributed by atoms with Crippen LogP contribution in [0.1, 0.15) is 45.7 Å². The quantitative estimate of drug-likeness (QED) is 0.414. The topological polar surface area (TPSA) is 87.2 Å². The molecule has 1 aromatic rings. The lowest BCUT2D eigenvalue weighted by Gasteiger charge is -2.42. The Morgan fingerprint density at radius 1 is 1.34 bits per heavy atom. The number of carbonyl (C=O) groups excluding carboxylic acids is 3. The molecule has 3 heterocycles. The molecule has 1 aromatic carbocycles. The van der Waals surface area contributed by atoms with Crippen molar-refractivity contribution in [2.75, 3.05) is 19.8 Å². The standard InChI is InChI=1S/C27H36N2O5S/c1-6-13-28(16(3)4)25(32)23-27-17(5)14-20(35-27)21(26(33)34-7-2)22(27)24(31)29(23)19(15-30)18-11-9-8-10-12-18/h6,8-12,16-17,19-23,30H,1,7,13-15H2,2-5H3/t17?,19-,20+,21-,22+,23?,27?/m1/s1. The SMILES string of the molecule is C=CCN(C(=O)C1N([C@H](CO)c2ccccc2)C(=O)[C@@H]2[C@H](C(=O)OCC)[C@@H]3CC(C)C12S3)C(C)C. The van der Waals surface area contributed by atoms with E-state index in [2.05, 4.69) is 13.5 Å². The second kappa shape index (κ2) is 9.97. The van der Waals surface area contributed by atoms with Gasteiger partial charge in [0.2, 0.25) is 11.8 Å². The van der Waals surface area contributed by atoms with Crippen LogP contribution in [0.25, 0.3) is 0 Å². The highest BCUT2D eigenvalue weighted by Gasteiger charge is 2.77. The largest absolute Gasteiger partial charge is 0.466 e. The van der Waals surface area contributed by atoms with Gasteiger partial charge in [-0.15, -0.1) is 18.3 Å². The van der Waals surface area contributed by atoms with Crippen molar-refractivity contribution in [3.05, 3.63) is 48.6 Å². The Hall–Kier alpha value is -2.32. The number of amides is 2. The average Bonchev–Trinajstić information content (AvgIpc) is 3.42. The molecule has 1 spiro atoms. The monoisotopic (exact) mass is 500 g/mol. The first kappa shape index (κ1) is 25.8. The van der Waals surface area contributed by atoms with Gasteiger partial charge in [-0.25, -0.2) is 0 Å². The number of benzene rings is 1. The lowest BCUT2D eigenvalue weighted by molar-refractivity contribution is -0.154. The molecule has 3 aliphatic rings. The van der Waals surface area contributed by atoms with Gasteiger partial charge in [0.25, 0.3) is 0 Å². The molecule has 8 heteroatoms. The van der Waals surface area contributed by atoms with E-state index in [1.54, 1.807) is 34.6 Å². The molecule has 7 nitrogen and oxygen atoms in total. The Kier molecular flexibility index (Phi) is 7.34. The zero-order valence-corrected chi connectivity index (χ0v) is 21.7. The van der Waals surface area contributed by atoms with Crippen molar-refractivity contribution >= 4 is 29.5 Å². The summed E-state index contributed by atoms with van der Waals surface area (Å²) in [5.74, 6) is -1.97. The number of fused-ring (bicyclic) bond motifs is 1. The van der Waals surface area contributed by atoms with Crippen LogP contribution in [-0.4, -0.2) is 74.5 Å². The van der Waals surface area contributed by atoms with Crippen molar-refractivity contribution in [1.82, 2.24) is 9.80 Å². The zero-order valence-electron chi connectivity index (χ0n) is 20.9. The van der Waals surface area contributed by atoms with Crippen LogP contribution in [0, 0.1) is 17.8 Å². The van der Waals surface area contributed by atoms with Crippen LogP contribution in [0.15, 0.2) is 43.0 Å². The molecule has 7 atom stereocenters. The molecule has 2 amide bonds. The van der Waals surface area contributed by atoms with Crippen LogP contribution in [-0.2, 0) is 19.1 Å². The lowest BCUT2D eigenvalue weighted by Crippen LogP contribution is -2.58. The Balaban J connectivity index is 1.88. The van der Waals surface area contributed by atoms with Gasteiger partial charge < -0.3 is 19.6 Å². The fourth-order valence-corrected chi connectivity index (χ4v) is 8.85. The predicted molar refractivity (Wildman–Crippen MR) is 135 cm³/mol. The number of esters is 1. The third-order valence-electron chi connectivity index (χ3n) is 7.90. The molecule has 3 saturated heterocycles. The van der Waals surface area contributed by atoms with E-state index in [0.29, 0.717) is 6.54 Å². The smallest absolute Gasteiger partial charge is 0.310 e. The third kappa shape index (κ3) is 3.89. The number of ether oxygens (including phenoxy) is 1. The molecule has 2 bridgehead atoms. The maximum absolute atomic E-state index is 14.3.